The van der Waals surface area contributed by atoms with Gasteiger partial charge in [0.2, 0.25) is 0 Å². The van der Waals surface area contributed by atoms with Crippen LogP contribution in [0.15, 0.2) is 74.7 Å². The van der Waals surface area contributed by atoms with Gasteiger partial charge >= 0.3 is 0 Å². The van der Waals surface area contributed by atoms with E-state index in [1.54, 1.807) is 12.1 Å². The topological polar surface area (TPSA) is 81.9 Å². The third-order valence-corrected chi connectivity index (χ3v) is 5.18. The Morgan fingerprint density at radius 2 is 1.56 bits per heavy atom. The van der Waals surface area contributed by atoms with E-state index >= 15 is 0 Å². The second-order valence-corrected chi connectivity index (χ2v) is 7.25. The largest absolute Gasteiger partial charge is 0.506 e. The molecule has 0 radical (unpaired) electrons. The molecule has 0 fully saturated rings. The van der Waals surface area contributed by atoms with Crippen LogP contribution in [0.5, 0.6) is 11.5 Å². The number of hydrogen-bond acceptors (Lipinski definition) is 4. The molecule has 0 heterocycles. The number of rotatable bonds is 4. The van der Waals surface area contributed by atoms with Gasteiger partial charge in [-0.05, 0) is 61.2 Å². The third kappa shape index (κ3) is 4.37. The smallest absolute Gasteiger partial charge is 0.271 e. The minimum absolute atomic E-state index is 0.118. The van der Waals surface area contributed by atoms with Crippen LogP contribution in [0.1, 0.15) is 15.9 Å². The van der Waals surface area contributed by atoms with Gasteiger partial charge in [0, 0.05) is 11.1 Å². The van der Waals surface area contributed by atoms with Crippen LogP contribution in [0.2, 0.25) is 0 Å². The second kappa shape index (κ2) is 8.37. The molecule has 0 atom stereocenters. The lowest BCUT2D eigenvalue weighted by Gasteiger charge is -2.06. The molecule has 3 rings (SSSR count). The Balaban J connectivity index is 1.70. The summed E-state index contributed by atoms with van der Waals surface area (Å²) in [5.74, 6) is -0.671. The van der Waals surface area contributed by atoms with Crippen molar-refractivity contribution in [3.05, 3.63) is 80.7 Å². The van der Waals surface area contributed by atoms with Gasteiger partial charge in [0.15, 0.2) is 0 Å². The fraction of sp³-hybridized carbons (Fsp3) is 0. The molecule has 0 aromatic heterocycles. The maximum Gasteiger partial charge on any atom is 0.271 e. The highest BCUT2D eigenvalue weighted by Crippen LogP contribution is 2.40. The number of phenols is 2. The molecular weight excluding hydrogens is 476 g/mol. The number of phenolic OH excluding ortho intramolecular Hbond substituents is 2. The van der Waals surface area contributed by atoms with Crippen molar-refractivity contribution in [1.29, 1.82) is 0 Å². The monoisotopic (exact) mass is 488 g/mol. The number of hydrogen-bond donors (Lipinski definition) is 3. The normalized spacial score (nSPS) is 10.9. The minimum Gasteiger partial charge on any atom is -0.506 e. The Morgan fingerprint density at radius 3 is 2.22 bits per heavy atom. The Bertz CT molecular complexity index is 1000. The molecule has 0 saturated carbocycles. The average molecular weight is 490 g/mol. The summed E-state index contributed by atoms with van der Waals surface area (Å²) in [6.45, 7) is 0. The number of carbonyl (C=O) groups excluding carboxylic acids is 1. The summed E-state index contributed by atoms with van der Waals surface area (Å²) in [5.41, 5.74) is 5.29. The zero-order valence-corrected chi connectivity index (χ0v) is 17.0. The van der Waals surface area contributed by atoms with E-state index in [0.717, 1.165) is 11.1 Å². The first kappa shape index (κ1) is 19.1. The van der Waals surface area contributed by atoms with Crippen LogP contribution in [0.4, 0.5) is 0 Å². The van der Waals surface area contributed by atoms with Crippen LogP contribution in [0, 0.1) is 0 Å². The van der Waals surface area contributed by atoms with Crippen molar-refractivity contribution in [3.8, 4) is 22.6 Å². The molecule has 0 aliphatic carbocycles. The van der Waals surface area contributed by atoms with Crippen LogP contribution in [-0.2, 0) is 0 Å². The van der Waals surface area contributed by atoms with E-state index in [4.69, 9.17) is 0 Å². The van der Waals surface area contributed by atoms with Crippen molar-refractivity contribution in [2.75, 3.05) is 0 Å². The number of nitrogens with zero attached hydrogens (tertiary/aromatic N) is 1. The van der Waals surface area contributed by atoms with E-state index in [9.17, 15) is 15.0 Å². The summed E-state index contributed by atoms with van der Waals surface area (Å²) >= 11 is 6.26. The summed E-state index contributed by atoms with van der Waals surface area (Å²) in [6, 6.07) is 18.5. The predicted molar refractivity (Wildman–Crippen MR) is 112 cm³/mol. The molecule has 0 bridgehead atoms. The van der Waals surface area contributed by atoms with Crippen LogP contribution >= 0.6 is 31.9 Å². The van der Waals surface area contributed by atoms with Gasteiger partial charge in [0.05, 0.1) is 10.7 Å². The fourth-order valence-corrected chi connectivity index (χ4v) is 3.54. The summed E-state index contributed by atoms with van der Waals surface area (Å²) in [4.78, 5) is 12.2. The number of benzene rings is 3. The van der Waals surface area contributed by atoms with Crippen molar-refractivity contribution in [2.45, 2.75) is 0 Å². The Labute approximate surface area is 172 Å². The molecule has 136 valence electrons. The van der Waals surface area contributed by atoms with E-state index in [1.807, 2.05) is 42.5 Å². The molecule has 0 saturated heterocycles. The maximum absolute atomic E-state index is 12.2. The van der Waals surface area contributed by atoms with Crippen LogP contribution < -0.4 is 5.43 Å². The molecule has 3 aromatic rings. The quantitative estimate of drug-likeness (QED) is 0.354. The SMILES string of the molecule is O=C(N/N=C/c1cc(Br)c(O)c(Br)c1O)c1ccc(-c2ccccc2)cc1. The second-order valence-electron chi connectivity index (χ2n) is 5.60. The van der Waals surface area contributed by atoms with E-state index in [-0.39, 0.29) is 21.9 Å². The summed E-state index contributed by atoms with van der Waals surface area (Å²) in [5, 5.41) is 23.6. The highest BCUT2D eigenvalue weighted by Gasteiger charge is 2.13. The van der Waals surface area contributed by atoms with Gasteiger partial charge in [-0.3, -0.25) is 4.79 Å². The fourth-order valence-electron chi connectivity index (χ4n) is 2.39. The van der Waals surface area contributed by atoms with Gasteiger partial charge in [0.25, 0.3) is 5.91 Å². The number of aromatic hydroxyl groups is 2. The number of hydrazone groups is 1. The lowest BCUT2D eigenvalue weighted by molar-refractivity contribution is 0.0955. The molecule has 7 heteroatoms. The Kier molecular flexibility index (Phi) is 5.93. The highest BCUT2D eigenvalue weighted by atomic mass is 79.9. The minimum atomic E-state index is -0.373. The summed E-state index contributed by atoms with van der Waals surface area (Å²) in [7, 11) is 0. The first-order valence-corrected chi connectivity index (χ1v) is 9.45. The molecule has 0 unspecified atom stereocenters. The standard InChI is InChI=1S/C20H14Br2N2O3/c21-16-10-15(18(25)17(22)19(16)26)11-23-24-20(27)14-8-6-13(7-9-14)12-4-2-1-3-5-12/h1-11,25-26H,(H,24,27)/b23-11+. The Morgan fingerprint density at radius 1 is 0.926 bits per heavy atom. The van der Waals surface area contributed by atoms with Crippen LogP contribution in [-0.4, -0.2) is 22.3 Å². The highest BCUT2D eigenvalue weighted by molar-refractivity contribution is 9.11. The van der Waals surface area contributed by atoms with E-state index in [2.05, 4.69) is 42.4 Å². The molecule has 3 aromatic carbocycles. The van der Waals surface area contributed by atoms with Crippen molar-refractivity contribution in [3.63, 3.8) is 0 Å². The summed E-state index contributed by atoms with van der Waals surface area (Å²) < 4.78 is 0.526. The zero-order chi connectivity index (χ0) is 19.4. The van der Waals surface area contributed by atoms with Crippen LogP contribution in [0.3, 0.4) is 0 Å². The van der Waals surface area contributed by atoms with Crippen molar-refractivity contribution in [2.24, 2.45) is 5.10 Å². The van der Waals surface area contributed by atoms with E-state index < -0.39 is 0 Å². The first-order valence-electron chi connectivity index (χ1n) is 7.86. The van der Waals surface area contributed by atoms with E-state index in [1.165, 1.54) is 12.3 Å². The van der Waals surface area contributed by atoms with Gasteiger partial charge in [-0.2, -0.15) is 5.10 Å². The van der Waals surface area contributed by atoms with Gasteiger partial charge in [0.1, 0.15) is 16.0 Å². The van der Waals surface area contributed by atoms with Crippen molar-refractivity contribution < 1.29 is 15.0 Å². The molecular formula is C20H14Br2N2O3. The number of halogens is 2. The molecule has 3 N–H and O–H groups in total. The van der Waals surface area contributed by atoms with E-state index in [0.29, 0.717) is 15.6 Å². The molecule has 0 spiro atoms. The Hall–Kier alpha value is -2.64. The lowest BCUT2D eigenvalue weighted by atomic mass is 10.0. The van der Waals surface area contributed by atoms with Crippen molar-refractivity contribution in [1.82, 2.24) is 5.43 Å². The molecule has 5 nitrogen and oxygen atoms in total. The van der Waals surface area contributed by atoms with Gasteiger partial charge in [-0.1, -0.05) is 42.5 Å². The van der Waals surface area contributed by atoms with Crippen molar-refractivity contribution >= 4 is 44.0 Å². The number of nitrogens with one attached hydrogen (secondary N) is 1. The number of carbonyl (C=O) groups is 1. The van der Waals surface area contributed by atoms with Gasteiger partial charge in [-0.25, -0.2) is 5.43 Å². The first-order chi connectivity index (χ1) is 13.0. The molecule has 27 heavy (non-hydrogen) atoms. The van der Waals surface area contributed by atoms with Gasteiger partial charge < -0.3 is 10.2 Å². The molecule has 0 aliphatic heterocycles. The summed E-state index contributed by atoms with van der Waals surface area (Å²) in [6.07, 6.45) is 1.29. The average Bonchev–Trinajstić information content (AvgIpc) is 2.71. The predicted octanol–water partition coefficient (Wildman–Crippen LogP) is 5.05. The zero-order valence-electron chi connectivity index (χ0n) is 13.9. The lowest BCUT2D eigenvalue weighted by Crippen LogP contribution is -2.17. The number of amides is 1. The van der Waals surface area contributed by atoms with Crippen LogP contribution in [0.25, 0.3) is 11.1 Å². The maximum atomic E-state index is 12.2. The third-order valence-electron chi connectivity index (χ3n) is 3.82. The van der Waals surface area contributed by atoms with Gasteiger partial charge in [-0.15, -0.1) is 0 Å². The molecule has 1 amide bonds. The molecule has 0 aliphatic rings.